The van der Waals surface area contributed by atoms with Crippen molar-refractivity contribution in [2.24, 2.45) is 0 Å². The van der Waals surface area contributed by atoms with E-state index in [0.29, 0.717) is 11.6 Å². The van der Waals surface area contributed by atoms with Crippen LogP contribution in [0.25, 0.3) is 0 Å². The first kappa shape index (κ1) is 23.1. The van der Waals surface area contributed by atoms with Gasteiger partial charge in [0.1, 0.15) is 6.54 Å². The van der Waals surface area contributed by atoms with E-state index in [2.05, 4.69) is 25.2 Å². The van der Waals surface area contributed by atoms with Gasteiger partial charge in [-0.3, -0.25) is 9.10 Å². The van der Waals surface area contributed by atoms with Crippen LogP contribution >= 0.6 is 0 Å². The number of sulfonamides is 1. The van der Waals surface area contributed by atoms with Crippen LogP contribution in [0.15, 0.2) is 83.8 Å². The summed E-state index contributed by atoms with van der Waals surface area (Å²) in [5, 5.41) is 3.08. The molecule has 4 rings (SSSR count). The highest BCUT2D eigenvalue weighted by molar-refractivity contribution is 7.92. The summed E-state index contributed by atoms with van der Waals surface area (Å²) < 4.78 is 28.3. The van der Waals surface area contributed by atoms with Gasteiger partial charge in [0.2, 0.25) is 5.91 Å². The summed E-state index contributed by atoms with van der Waals surface area (Å²) in [6, 6.07) is 23.7. The molecule has 0 bridgehead atoms. The second kappa shape index (κ2) is 9.79. The molecule has 0 aliphatic heterocycles. The van der Waals surface area contributed by atoms with Gasteiger partial charge in [-0.25, -0.2) is 8.42 Å². The van der Waals surface area contributed by atoms with Crippen molar-refractivity contribution in [3.63, 3.8) is 0 Å². The number of carbonyl (C=O) groups excluding carboxylic acids is 1. The standard InChI is InChI=1S/C27H30N2O3S/c1-20(2)21-15-17-23(18-16-21)29(33(31,32)24-11-4-3-5-12-24)19-27(30)28-26-14-8-10-22-9-6-7-13-25(22)26/h3-7,9,11-13,15-18,20,26H,8,10,14,19H2,1-2H3,(H,28,30)/t26-/m0/s1. The third-order valence-electron chi connectivity index (χ3n) is 6.17. The Balaban J connectivity index is 1.62. The first-order valence-corrected chi connectivity index (χ1v) is 12.8. The third-order valence-corrected chi connectivity index (χ3v) is 7.96. The quantitative estimate of drug-likeness (QED) is 0.525. The van der Waals surface area contributed by atoms with E-state index in [-0.39, 0.29) is 23.4 Å². The highest BCUT2D eigenvalue weighted by Crippen LogP contribution is 2.30. The largest absolute Gasteiger partial charge is 0.348 e. The molecule has 3 aromatic rings. The normalized spacial score (nSPS) is 15.7. The van der Waals surface area contributed by atoms with Gasteiger partial charge in [-0.1, -0.05) is 68.4 Å². The summed E-state index contributed by atoms with van der Waals surface area (Å²) in [5.74, 6) is 0.0112. The van der Waals surface area contributed by atoms with Crippen LogP contribution < -0.4 is 9.62 Å². The minimum absolute atomic E-state index is 0.105. The Kier molecular flexibility index (Phi) is 6.84. The Hall–Kier alpha value is -3.12. The van der Waals surface area contributed by atoms with Crippen molar-refractivity contribution in [2.45, 2.75) is 50.0 Å². The lowest BCUT2D eigenvalue weighted by Gasteiger charge is -2.29. The molecule has 0 spiro atoms. The van der Waals surface area contributed by atoms with Gasteiger partial charge in [0.25, 0.3) is 10.0 Å². The molecule has 1 N–H and O–H groups in total. The molecule has 0 aromatic heterocycles. The first-order valence-electron chi connectivity index (χ1n) is 11.4. The Morgan fingerprint density at radius 2 is 1.64 bits per heavy atom. The van der Waals surface area contributed by atoms with Crippen LogP contribution in [0, 0.1) is 0 Å². The molecule has 0 saturated carbocycles. The van der Waals surface area contributed by atoms with Crippen LogP contribution in [0.5, 0.6) is 0 Å². The molecule has 3 aromatic carbocycles. The van der Waals surface area contributed by atoms with E-state index in [9.17, 15) is 13.2 Å². The van der Waals surface area contributed by atoms with Crippen molar-refractivity contribution in [3.8, 4) is 0 Å². The van der Waals surface area contributed by atoms with E-state index in [1.807, 2.05) is 30.3 Å². The number of nitrogens with zero attached hydrogens (tertiary/aromatic N) is 1. The molecule has 33 heavy (non-hydrogen) atoms. The highest BCUT2D eigenvalue weighted by atomic mass is 32.2. The van der Waals surface area contributed by atoms with Crippen LogP contribution in [-0.2, 0) is 21.2 Å². The van der Waals surface area contributed by atoms with E-state index in [1.165, 1.54) is 9.87 Å². The molecule has 0 unspecified atom stereocenters. The van der Waals surface area contributed by atoms with E-state index < -0.39 is 10.0 Å². The van der Waals surface area contributed by atoms with Gasteiger partial charge in [-0.2, -0.15) is 0 Å². The summed E-state index contributed by atoms with van der Waals surface area (Å²) in [7, 11) is -3.91. The molecule has 1 atom stereocenters. The molecular weight excluding hydrogens is 432 g/mol. The van der Waals surface area contributed by atoms with Crippen LogP contribution in [0.3, 0.4) is 0 Å². The van der Waals surface area contributed by atoms with Crippen molar-refractivity contribution < 1.29 is 13.2 Å². The molecule has 0 saturated heterocycles. The zero-order chi connectivity index (χ0) is 23.4. The number of fused-ring (bicyclic) bond motifs is 1. The number of hydrogen-bond acceptors (Lipinski definition) is 3. The number of nitrogens with one attached hydrogen (secondary N) is 1. The van der Waals surface area contributed by atoms with Crippen molar-refractivity contribution in [1.82, 2.24) is 5.32 Å². The van der Waals surface area contributed by atoms with E-state index in [4.69, 9.17) is 0 Å². The van der Waals surface area contributed by atoms with Gasteiger partial charge in [-0.05, 0) is 66.1 Å². The number of anilines is 1. The molecule has 1 aliphatic rings. The molecule has 172 valence electrons. The van der Waals surface area contributed by atoms with E-state index >= 15 is 0 Å². The van der Waals surface area contributed by atoms with Crippen LogP contribution in [-0.4, -0.2) is 20.9 Å². The summed E-state index contributed by atoms with van der Waals surface area (Å²) in [6.07, 6.45) is 2.83. The fraction of sp³-hybridized carbons (Fsp3) is 0.296. The van der Waals surface area contributed by atoms with Crippen LogP contribution in [0.2, 0.25) is 0 Å². The molecule has 1 aliphatic carbocycles. The number of hydrogen-bond donors (Lipinski definition) is 1. The zero-order valence-corrected chi connectivity index (χ0v) is 19.9. The lowest BCUT2D eigenvalue weighted by atomic mass is 9.88. The second-order valence-corrected chi connectivity index (χ2v) is 10.6. The molecule has 1 amide bonds. The minimum atomic E-state index is -3.91. The SMILES string of the molecule is CC(C)c1ccc(N(CC(=O)N[C@H]2CCCc3ccccc32)S(=O)(=O)c2ccccc2)cc1. The number of rotatable bonds is 7. The van der Waals surface area contributed by atoms with Gasteiger partial charge in [0.05, 0.1) is 16.6 Å². The lowest BCUT2D eigenvalue weighted by Crippen LogP contribution is -2.42. The van der Waals surface area contributed by atoms with Gasteiger partial charge in [0, 0.05) is 0 Å². The predicted octanol–water partition coefficient (Wildman–Crippen LogP) is 5.20. The average molecular weight is 463 g/mol. The molecule has 5 nitrogen and oxygen atoms in total. The Morgan fingerprint density at radius 1 is 0.970 bits per heavy atom. The smallest absolute Gasteiger partial charge is 0.264 e. The van der Waals surface area contributed by atoms with Crippen LogP contribution in [0.1, 0.15) is 55.3 Å². The Bertz CT molecular complexity index is 1210. The highest BCUT2D eigenvalue weighted by Gasteiger charge is 2.29. The number of carbonyl (C=O) groups is 1. The fourth-order valence-electron chi connectivity index (χ4n) is 4.33. The van der Waals surface area contributed by atoms with Crippen molar-refractivity contribution in [3.05, 3.63) is 95.6 Å². The molecule has 0 heterocycles. The molecular formula is C27H30N2O3S. The second-order valence-electron chi connectivity index (χ2n) is 8.78. The average Bonchev–Trinajstić information content (AvgIpc) is 2.83. The molecule has 6 heteroatoms. The van der Waals surface area contributed by atoms with Gasteiger partial charge >= 0.3 is 0 Å². The maximum atomic E-state index is 13.5. The van der Waals surface area contributed by atoms with E-state index in [1.54, 1.807) is 42.5 Å². The van der Waals surface area contributed by atoms with Gasteiger partial charge in [-0.15, -0.1) is 0 Å². The van der Waals surface area contributed by atoms with Crippen molar-refractivity contribution >= 4 is 21.6 Å². The number of amides is 1. The minimum Gasteiger partial charge on any atom is -0.348 e. The van der Waals surface area contributed by atoms with Crippen molar-refractivity contribution in [1.29, 1.82) is 0 Å². The predicted molar refractivity (Wildman–Crippen MR) is 132 cm³/mol. The lowest BCUT2D eigenvalue weighted by molar-refractivity contribution is -0.120. The zero-order valence-electron chi connectivity index (χ0n) is 19.1. The first-order chi connectivity index (χ1) is 15.9. The Labute approximate surface area is 196 Å². The maximum Gasteiger partial charge on any atom is 0.264 e. The monoisotopic (exact) mass is 462 g/mol. The topological polar surface area (TPSA) is 66.5 Å². The fourth-order valence-corrected chi connectivity index (χ4v) is 5.78. The summed E-state index contributed by atoms with van der Waals surface area (Å²) in [6.45, 7) is 3.89. The van der Waals surface area contributed by atoms with Gasteiger partial charge in [0.15, 0.2) is 0 Å². The summed E-state index contributed by atoms with van der Waals surface area (Å²) in [4.78, 5) is 13.3. The van der Waals surface area contributed by atoms with Crippen LogP contribution in [0.4, 0.5) is 5.69 Å². The van der Waals surface area contributed by atoms with Gasteiger partial charge < -0.3 is 5.32 Å². The maximum absolute atomic E-state index is 13.5. The van der Waals surface area contributed by atoms with Crippen molar-refractivity contribution in [2.75, 3.05) is 10.8 Å². The third kappa shape index (κ3) is 5.11. The summed E-state index contributed by atoms with van der Waals surface area (Å²) >= 11 is 0. The van der Waals surface area contributed by atoms with E-state index in [0.717, 1.165) is 30.4 Å². The number of aryl methyl sites for hydroxylation is 1. The summed E-state index contributed by atoms with van der Waals surface area (Å²) in [5.41, 5.74) is 3.95. The Morgan fingerprint density at radius 3 is 2.33 bits per heavy atom. The molecule has 0 fully saturated rings. The molecule has 0 radical (unpaired) electrons. The number of benzene rings is 3.